The number of aromatic hydroxyl groups is 1. The summed E-state index contributed by atoms with van der Waals surface area (Å²) in [6, 6.07) is 1.89. The number of aliphatic hydroxyl groups is 8. The lowest BCUT2D eigenvalue weighted by Gasteiger charge is -2.38. The van der Waals surface area contributed by atoms with Gasteiger partial charge in [0.2, 0.25) is 0 Å². The van der Waals surface area contributed by atoms with Gasteiger partial charge in [-0.2, -0.15) is 0 Å². The predicted octanol–water partition coefficient (Wildman–Crippen LogP) is -4.17. The standard InChI is InChI=1S/C20H28N2O11/c23-6-10-15(26)17(28)12(19(30)32-10)21-4-8-2-1-3-9(14(8)25)5-22-13-18(29)16(27)11(7-24)33-20(13)31/h1-5,10-13,15-20,23-31H,6-7H2. The molecule has 2 heterocycles. The molecule has 1 aromatic rings. The molecule has 9 N–H and O–H groups in total. The molecule has 10 atom stereocenters. The quantitative estimate of drug-likeness (QED) is 0.181. The molecule has 0 saturated carbocycles. The van der Waals surface area contributed by atoms with Crippen molar-refractivity contribution in [1.82, 2.24) is 0 Å². The molecular formula is C20H28N2O11. The van der Waals surface area contributed by atoms with Crippen LogP contribution in [0, 0.1) is 0 Å². The van der Waals surface area contributed by atoms with Crippen molar-refractivity contribution in [3.63, 3.8) is 0 Å². The molecule has 0 radical (unpaired) electrons. The van der Waals surface area contributed by atoms with E-state index in [9.17, 15) is 35.7 Å². The van der Waals surface area contributed by atoms with E-state index in [-0.39, 0.29) is 16.9 Å². The van der Waals surface area contributed by atoms with Crippen LogP contribution in [0.5, 0.6) is 5.75 Å². The Hall–Kier alpha value is -2.04. The van der Waals surface area contributed by atoms with Crippen LogP contribution in [-0.2, 0) is 9.47 Å². The van der Waals surface area contributed by atoms with Crippen molar-refractivity contribution < 1.29 is 55.4 Å². The number of phenolic OH excluding ortho intramolecular Hbond substituents is 1. The summed E-state index contributed by atoms with van der Waals surface area (Å²) in [5.41, 5.74) is 0.303. The summed E-state index contributed by atoms with van der Waals surface area (Å²) in [5, 5.41) is 88.9. The zero-order valence-corrected chi connectivity index (χ0v) is 17.3. The van der Waals surface area contributed by atoms with E-state index in [1.54, 1.807) is 0 Å². The van der Waals surface area contributed by atoms with Gasteiger partial charge in [0.25, 0.3) is 0 Å². The summed E-state index contributed by atoms with van der Waals surface area (Å²) in [4.78, 5) is 7.97. The number of benzene rings is 1. The molecule has 2 aliphatic heterocycles. The summed E-state index contributed by atoms with van der Waals surface area (Å²) in [6.07, 6.45) is -9.29. The first kappa shape index (κ1) is 25.6. The van der Waals surface area contributed by atoms with E-state index in [2.05, 4.69) is 9.98 Å². The van der Waals surface area contributed by atoms with Crippen LogP contribution in [0.3, 0.4) is 0 Å². The molecular weight excluding hydrogens is 444 g/mol. The average Bonchev–Trinajstić information content (AvgIpc) is 2.80. The van der Waals surface area contributed by atoms with Gasteiger partial charge < -0.3 is 55.4 Å². The summed E-state index contributed by atoms with van der Waals surface area (Å²) in [6.45, 7) is -1.22. The normalized spacial score (nSPS) is 40.0. The third-order valence-corrected chi connectivity index (χ3v) is 5.60. The average molecular weight is 472 g/mol. The lowest BCUT2D eigenvalue weighted by molar-refractivity contribution is -0.248. The fourth-order valence-corrected chi connectivity index (χ4v) is 3.61. The van der Waals surface area contributed by atoms with E-state index >= 15 is 0 Å². The number of rotatable bonds is 6. The zero-order valence-electron chi connectivity index (χ0n) is 17.3. The third kappa shape index (κ3) is 5.38. The van der Waals surface area contributed by atoms with Crippen molar-refractivity contribution in [3.05, 3.63) is 29.3 Å². The number of aliphatic hydroxyl groups excluding tert-OH is 8. The van der Waals surface area contributed by atoms with Gasteiger partial charge in [0.05, 0.1) is 13.2 Å². The van der Waals surface area contributed by atoms with Gasteiger partial charge in [-0.3, -0.25) is 9.98 Å². The van der Waals surface area contributed by atoms with E-state index < -0.39 is 74.5 Å². The Morgan fingerprint density at radius 1 is 0.697 bits per heavy atom. The van der Waals surface area contributed by atoms with Crippen LogP contribution in [0.2, 0.25) is 0 Å². The van der Waals surface area contributed by atoms with E-state index in [0.29, 0.717) is 0 Å². The number of ether oxygens (including phenoxy) is 2. The number of para-hydroxylation sites is 1. The second-order valence-electron chi connectivity index (χ2n) is 7.78. The highest BCUT2D eigenvalue weighted by Crippen LogP contribution is 2.25. The highest BCUT2D eigenvalue weighted by molar-refractivity contribution is 5.91. The molecule has 13 nitrogen and oxygen atoms in total. The Morgan fingerprint density at radius 2 is 1.09 bits per heavy atom. The molecule has 13 heteroatoms. The van der Waals surface area contributed by atoms with Gasteiger partial charge >= 0.3 is 0 Å². The largest absolute Gasteiger partial charge is 0.507 e. The van der Waals surface area contributed by atoms with Crippen LogP contribution in [0.15, 0.2) is 28.2 Å². The molecule has 0 bridgehead atoms. The maximum atomic E-state index is 10.5. The number of hydrogen-bond acceptors (Lipinski definition) is 13. The molecule has 0 aromatic heterocycles. The zero-order chi connectivity index (χ0) is 24.3. The second kappa shape index (κ2) is 10.9. The third-order valence-electron chi connectivity index (χ3n) is 5.60. The Morgan fingerprint density at radius 3 is 1.45 bits per heavy atom. The van der Waals surface area contributed by atoms with E-state index in [4.69, 9.17) is 19.7 Å². The number of nitrogens with zero attached hydrogens (tertiary/aromatic N) is 2. The van der Waals surface area contributed by atoms with E-state index in [1.807, 2.05) is 0 Å². The Labute approximate surface area is 188 Å². The van der Waals surface area contributed by atoms with E-state index in [0.717, 1.165) is 12.4 Å². The molecule has 2 aliphatic rings. The molecule has 2 saturated heterocycles. The molecule has 10 unspecified atom stereocenters. The van der Waals surface area contributed by atoms with Gasteiger partial charge in [-0.15, -0.1) is 0 Å². The molecule has 0 aliphatic carbocycles. The van der Waals surface area contributed by atoms with E-state index in [1.165, 1.54) is 18.2 Å². The molecule has 184 valence electrons. The van der Waals surface area contributed by atoms with Gasteiger partial charge in [0.15, 0.2) is 12.6 Å². The lowest BCUT2D eigenvalue weighted by atomic mass is 9.97. The molecule has 1 aromatic carbocycles. The van der Waals surface area contributed by atoms with Gasteiger partial charge in [-0.05, 0) is 12.1 Å². The van der Waals surface area contributed by atoms with Crippen LogP contribution in [0.1, 0.15) is 11.1 Å². The van der Waals surface area contributed by atoms with Gasteiger partial charge in [0.1, 0.15) is 54.5 Å². The fraction of sp³-hybridized carbons (Fsp3) is 0.600. The Balaban J connectivity index is 1.76. The lowest BCUT2D eigenvalue weighted by Crippen LogP contribution is -2.57. The van der Waals surface area contributed by atoms with Crippen molar-refractivity contribution in [1.29, 1.82) is 0 Å². The molecule has 2 fully saturated rings. The molecule has 3 rings (SSSR count). The first-order chi connectivity index (χ1) is 15.7. The van der Waals surface area contributed by atoms with Crippen LogP contribution in [0.4, 0.5) is 0 Å². The van der Waals surface area contributed by atoms with Crippen molar-refractivity contribution >= 4 is 12.4 Å². The van der Waals surface area contributed by atoms with Gasteiger partial charge in [0, 0.05) is 23.6 Å². The predicted molar refractivity (Wildman–Crippen MR) is 111 cm³/mol. The maximum absolute atomic E-state index is 10.5. The molecule has 0 spiro atoms. The van der Waals surface area contributed by atoms with Crippen LogP contribution >= 0.6 is 0 Å². The highest BCUT2D eigenvalue weighted by Gasteiger charge is 2.44. The summed E-state index contributed by atoms with van der Waals surface area (Å²) in [5.74, 6) is -0.311. The number of phenols is 1. The second-order valence-corrected chi connectivity index (χ2v) is 7.78. The van der Waals surface area contributed by atoms with Gasteiger partial charge in [-0.25, -0.2) is 0 Å². The minimum Gasteiger partial charge on any atom is -0.507 e. The molecule has 33 heavy (non-hydrogen) atoms. The van der Waals surface area contributed by atoms with Crippen LogP contribution in [0.25, 0.3) is 0 Å². The van der Waals surface area contributed by atoms with Crippen LogP contribution < -0.4 is 0 Å². The van der Waals surface area contributed by atoms with Crippen molar-refractivity contribution in [2.75, 3.05) is 13.2 Å². The SMILES string of the molecule is OCC1OC(O)C(N=Cc2cccc(C=NC3C(O)OC(CO)C(O)C3O)c2O)C(O)C1O. The van der Waals surface area contributed by atoms with Crippen molar-refractivity contribution in [3.8, 4) is 5.75 Å². The van der Waals surface area contributed by atoms with Crippen molar-refractivity contribution in [2.24, 2.45) is 9.98 Å². The smallest absolute Gasteiger partial charge is 0.180 e. The van der Waals surface area contributed by atoms with Crippen molar-refractivity contribution in [2.45, 2.75) is 61.3 Å². The first-order valence-electron chi connectivity index (χ1n) is 10.2. The fourth-order valence-electron chi connectivity index (χ4n) is 3.61. The minimum absolute atomic E-state index is 0.151. The monoisotopic (exact) mass is 472 g/mol. The highest BCUT2D eigenvalue weighted by atomic mass is 16.6. The first-order valence-corrected chi connectivity index (χ1v) is 10.2. The Kier molecular flexibility index (Phi) is 8.47. The summed E-state index contributed by atoms with van der Waals surface area (Å²) in [7, 11) is 0. The molecule has 0 amide bonds. The number of aliphatic imine (C=N–C) groups is 2. The Bertz CT molecular complexity index is 789. The summed E-state index contributed by atoms with van der Waals surface area (Å²) >= 11 is 0. The maximum Gasteiger partial charge on any atom is 0.180 e. The minimum atomic E-state index is -1.60. The summed E-state index contributed by atoms with van der Waals surface area (Å²) < 4.78 is 10.1. The number of hydrogen-bond donors (Lipinski definition) is 9. The van der Waals surface area contributed by atoms with Gasteiger partial charge in [-0.1, -0.05) is 6.07 Å². The van der Waals surface area contributed by atoms with Crippen LogP contribution in [-0.4, -0.2) is 133 Å². The topological polar surface area (TPSA) is 225 Å².